The summed E-state index contributed by atoms with van der Waals surface area (Å²) >= 11 is 7.45. The summed E-state index contributed by atoms with van der Waals surface area (Å²) in [6.07, 6.45) is 0. The Labute approximate surface area is 124 Å². The van der Waals surface area contributed by atoms with E-state index >= 15 is 0 Å². The van der Waals surface area contributed by atoms with E-state index in [9.17, 15) is 0 Å². The molecule has 0 spiro atoms. The molecule has 2 nitrogen and oxygen atoms in total. The summed E-state index contributed by atoms with van der Waals surface area (Å²) < 4.78 is 0. The first-order chi connectivity index (χ1) is 9.10. The molecule has 0 aliphatic rings. The van der Waals surface area contributed by atoms with Gasteiger partial charge in [0.05, 0.1) is 11.6 Å². The van der Waals surface area contributed by atoms with Crippen molar-refractivity contribution in [2.24, 2.45) is 0 Å². The highest BCUT2D eigenvalue weighted by Gasteiger charge is 2.07. The van der Waals surface area contributed by atoms with Gasteiger partial charge in [0.15, 0.2) is 0 Å². The van der Waals surface area contributed by atoms with Crippen LogP contribution in [-0.4, -0.2) is 23.0 Å². The molecule has 0 saturated heterocycles. The van der Waals surface area contributed by atoms with E-state index in [0.717, 1.165) is 17.2 Å². The van der Waals surface area contributed by atoms with E-state index in [-0.39, 0.29) is 0 Å². The predicted molar refractivity (Wildman–Crippen MR) is 83.7 cm³/mol. The van der Waals surface area contributed by atoms with Crippen molar-refractivity contribution in [2.45, 2.75) is 32.3 Å². The third-order valence-electron chi connectivity index (χ3n) is 3.18. The summed E-state index contributed by atoms with van der Waals surface area (Å²) in [7, 11) is 2.15. The molecule has 0 fully saturated rings. The van der Waals surface area contributed by atoms with Crippen LogP contribution in [0.1, 0.15) is 25.1 Å². The van der Waals surface area contributed by atoms with Crippen molar-refractivity contribution in [3.8, 4) is 10.6 Å². The van der Waals surface area contributed by atoms with Crippen LogP contribution in [-0.2, 0) is 12.4 Å². The van der Waals surface area contributed by atoms with Gasteiger partial charge in [0, 0.05) is 23.5 Å². The first-order valence-electron chi connectivity index (χ1n) is 6.40. The number of thiazole rings is 1. The number of halogens is 1. The minimum Gasteiger partial charge on any atom is -0.300 e. The van der Waals surface area contributed by atoms with Crippen molar-refractivity contribution in [1.29, 1.82) is 0 Å². The fourth-order valence-corrected chi connectivity index (χ4v) is 2.82. The van der Waals surface area contributed by atoms with Gasteiger partial charge in [-0.2, -0.15) is 0 Å². The van der Waals surface area contributed by atoms with Crippen molar-refractivity contribution >= 4 is 22.9 Å². The first kappa shape index (κ1) is 14.5. The van der Waals surface area contributed by atoms with E-state index < -0.39 is 0 Å². The Morgan fingerprint density at radius 3 is 2.79 bits per heavy atom. The van der Waals surface area contributed by atoms with E-state index in [4.69, 9.17) is 11.6 Å². The fourth-order valence-electron chi connectivity index (χ4n) is 1.77. The lowest BCUT2D eigenvalue weighted by atomic mass is 10.1. The molecule has 0 amide bonds. The zero-order valence-corrected chi connectivity index (χ0v) is 13.1. The lowest BCUT2D eigenvalue weighted by molar-refractivity contribution is 0.266. The average molecular weight is 295 g/mol. The van der Waals surface area contributed by atoms with E-state index in [1.54, 1.807) is 11.3 Å². The van der Waals surface area contributed by atoms with Gasteiger partial charge < -0.3 is 0 Å². The Kier molecular flexibility index (Phi) is 4.97. The molecule has 1 aromatic carbocycles. The molecule has 0 atom stereocenters. The van der Waals surface area contributed by atoms with Crippen molar-refractivity contribution in [3.63, 3.8) is 0 Å². The third kappa shape index (κ3) is 3.78. The summed E-state index contributed by atoms with van der Waals surface area (Å²) in [4.78, 5) is 6.85. The maximum absolute atomic E-state index is 5.80. The van der Waals surface area contributed by atoms with E-state index in [2.05, 4.69) is 55.0 Å². The Balaban J connectivity index is 2.19. The standard InChI is InChI=1S/C15H19ClN2S/c1-11(2)18(3)9-12-5-4-6-13(7-12)15-17-14(8-16)10-19-15/h4-7,10-11H,8-9H2,1-3H3. The lowest BCUT2D eigenvalue weighted by Crippen LogP contribution is -2.25. The Morgan fingerprint density at radius 1 is 1.37 bits per heavy atom. The summed E-state index contributed by atoms with van der Waals surface area (Å²) in [5.74, 6) is 0.478. The highest BCUT2D eigenvalue weighted by Crippen LogP contribution is 2.25. The van der Waals surface area contributed by atoms with Gasteiger partial charge in [-0.3, -0.25) is 4.90 Å². The molecule has 2 aromatic rings. The van der Waals surface area contributed by atoms with Gasteiger partial charge in [-0.05, 0) is 32.5 Å². The van der Waals surface area contributed by atoms with Crippen LogP contribution in [0.2, 0.25) is 0 Å². The maximum atomic E-state index is 5.80. The summed E-state index contributed by atoms with van der Waals surface area (Å²) in [6.45, 7) is 5.37. The topological polar surface area (TPSA) is 16.1 Å². The monoisotopic (exact) mass is 294 g/mol. The number of hydrogen-bond donors (Lipinski definition) is 0. The molecule has 0 N–H and O–H groups in total. The molecule has 19 heavy (non-hydrogen) atoms. The fraction of sp³-hybridized carbons (Fsp3) is 0.400. The molecule has 1 aromatic heterocycles. The Hall–Kier alpha value is -0.900. The van der Waals surface area contributed by atoms with E-state index in [1.165, 1.54) is 11.1 Å². The highest BCUT2D eigenvalue weighted by atomic mass is 35.5. The second-order valence-corrected chi connectivity index (χ2v) is 6.11. The molecule has 4 heteroatoms. The zero-order chi connectivity index (χ0) is 13.8. The van der Waals surface area contributed by atoms with Crippen LogP contribution in [0.5, 0.6) is 0 Å². The van der Waals surface area contributed by atoms with Crippen LogP contribution in [0.4, 0.5) is 0 Å². The summed E-state index contributed by atoms with van der Waals surface area (Å²) in [5, 5.41) is 3.07. The zero-order valence-electron chi connectivity index (χ0n) is 11.6. The Bertz CT molecular complexity index is 536. The summed E-state index contributed by atoms with van der Waals surface area (Å²) in [5.41, 5.74) is 3.44. The smallest absolute Gasteiger partial charge is 0.123 e. The van der Waals surface area contributed by atoms with Gasteiger partial charge in [0.2, 0.25) is 0 Å². The SMILES string of the molecule is CC(C)N(C)Cc1cccc(-c2nc(CCl)cs2)c1. The molecule has 2 rings (SSSR count). The van der Waals surface area contributed by atoms with Gasteiger partial charge in [0.1, 0.15) is 5.01 Å². The van der Waals surface area contributed by atoms with E-state index in [1.807, 2.05) is 5.38 Å². The number of benzene rings is 1. The molecular formula is C15H19ClN2S. The molecule has 0 saturated carbocycles. The third-order valence-corrected chi connectivity index (χ3v) is 4.39. The number of rotatable bonds is 5. The minimum atomic E-state index is 0.478. The van der Waals surface area contributed by atoms with Crippen LogP contribution >= 0.6 is 22.9 Å². The summed E-state index contributed by atoms with van der Waals surface area (Å²) in [6, 6.07) is 9.14. The predicted octanol–water partition coefficient (Wildman–Crippen LogP) is 4.39. The van der Waals surface area contributed by atoms with Crippen LogP contribution in [0.15, 0.2) is 29.6 Å². The van der Waals surface area contributed by atoms with Crippen molar-refractivity contribution in [1.82, 2.24) is 9.88 Å². The minimum absolute atomic E-state index is 0.478. The molecular weight excluding hydrogens is 276 g/mol. The largest absolute Gasteiger partial charge is 0.300 e. The molecule has 1 heterocycles. The molecule has 0 unspecified atom stereocenters. The molecule has 0 radical (unpaired) electrons. The van der Waals surface area contributed by atoms with Crippen molar-refractivity contribution in [2.75, 3.05) is 7.05 Å². The van der Waals surface area contributed by atoms with Gasteiger partial charge >= 0.3 is 0 Å². The van der Waals surface area contributed by atoms with Crippen LogP contribution in [0.3, 0.4) is 0 Å². The van der Waals surface area contributed by atoms with Crippen molar-refractivity contribution < 1.29 is 0 Å². The van der Waals surface area contributed by atoms with Crippen LogP contribution in [0.25, 0.3) is 10.6 Å². The van der Waals surface area contributed by atoms with Gasteiger partial charge in [-0.25, -0.2) is 4.98 Å². The van der Waals surface area contributed by atoms with Gasteiger partial charge in [-0.15, -0.1) is 22.9 Å². The first-order valence-corrected chi connectivity index (χ1v) is 7.81. The molecule has 102 valence electrons. The number of nitrogens with zero attached hydrogens (tertiary/aromatic N) is 2. The van der Waals surface area contributed by atoms with E-state index in [0.29, 0.717) is 11.9 Å². The average Bonchev–Trinajstić information content (AvgIpc) is 2.87. The second-order valence-electron chi connectivity index (χ2n) is 4.99. The molecule has 0 aliphatic carbocycles. The number of alkyl halides is 1. The van der Waals surface area contributed by atoms with Crippen LogP contribution in [0, 0.1) is 0 Å². The quantitative estimate of drug-likeness (QED) is 0.760. The Morgan fingerprint density at radius 2 is 2.16 bits per heavy atom. The maximum Gasteiger partial charge on any atom is 0.123 e. The normalized spacial score (nSPS) is 11.5. The highest BCUT2D eigenvalue weighted by molar-refractivity contribution is 7.13. The van der Waals surface area contributed by atoms with Crippen LogP contribution < -0.4 is 0 Å². The number of aromatic nitrogens is 1. The molecule has 0 bridgehead atoms. The molecule has 0 aliphatic heterocycles. The van der Waals surface area contributed by atoms with Gasteiger partial charge in [0.25, 0.3) is 0 Å². The second kappa shape index (κ2) is 6.51. The van der Waals surface area contributed by atoms with Crippen molar-refractivity contribution in [3.05, 3.63) is 40.9 Å². The lowest BCUT2D eigenvalue weighted by Gasteiger charge is -2.21. The van der Waals surface area contributed by atoms with Gasteiger partial charge in [-0.1, -0.05) is 18.2 Å². The number of hydrogen-bond acceptors (Lipinski definition) is 3.